The van der Waals surface area contributed by atoms with Crippen molar-refractivity contribution in [2.45, 2.75) is 63.5 Å². The maximum Gasteiger partial charge on any atom is 0.338 e. The SMILES string of the molecule is C[C@@H]1[C@H](C)CCC[C@@H]1NC(=O)[C@@H](C)OC(=O)c1ccc2c(c1)NC(=O)CCS2. The van der Waals surface area contributed by atoms with E-state index in [-0.39, 0.29) is 17.9 Å². The first-order valence-corrected chi connectivity index (χ1v) is 10.9. The zero-order chi connectivity index (χ0) is 20.3. The lowest BCUT2D eigenvalue weighted by Gasteiger charge is -2.35. The Morgan fingerprint density at radius 2 is 2.07 bits per heavy atom. The fourth-order valence-electron chi connectivity index (χ4n) is 3.71. The maximum atomic E-state index is 12.5. The van der Waals surface area contributed by atoms with Crippen molar-refractivity contribution in [3.05, 3.63) is 23.8 Å². The van der Waals surface area contributed by atoms with Crippen molar-refractivity contribution in [3.8, 4) is 0 Å². The van der Waals surface area contributed by atoms with E-state index in [1.807, 2.05) is 0 Å². The Morgan fingerprint density at radius 1 is 1.29 bits per heavy atom. The molecule has 2 aliphatic rings. The van der Waals surface area contributed by atoms with Gasteiger partial charge in [-0.15, -0.1) is 11.8 Å². The van der Waals surface area contributed by atoms with E-state index in [1.165, 1.54) is 6.42 Å². The van der Waals surface area contributed by atoms with Gasteiger partial charge < -0.3 is 15.4 Å². The van der Waals surface area contributed by atoms with Crippen LogP contribution >= 0.6 is 11.8 Å². The maximum absolute atomic E-state index is 12.5. The molecule has 1 aliphatic carbocycles. The highest BCUT2D eigenvalue weighted by molar-refractivity contribution is 7.99. The highest BCUT2D eigenvalue weighted by atomic mass is 32.2. The van der Waals surface area contributed by atoms with Gasteiger partial charge in [-0.05, 0) is 43.4 Å². The molecule has 7 heteroatoms. The fraction of sp³-hybridized carbons (Fsp3) is 0.571. The van der Waals surface area contributed by atoms with Crippen LogP contribution in [0.4, 0.5) is 5.69 Å². The number of thioether (sulfide) groups is 1. The van der Waals surface area contributed by atoms with Crippen molar-refractivity contribution in [2.24, 2.45) is 11.8 Å². The molecule has 1 aliphatic heterocycles. The van der Waals surface area contributed by atoms with Crippen LogP contribution in [0.3, 0.4) is 0 Å². The highest BCUT2D eigenvalue weighted by Gasteiger charge is 2.30. The Morgan fingerprint density at radius 3 is 2.86 bits per heavy atom. The van der Waals surface area contributed by atoms with Crippen LogP contribution in [0.2, 0.25) is 0 Å². The van der Waals surface area contributed by atoms with Gasteiger partial charge in [0.1, 0.15) is 0 Å². The average molecular weight is 405 g/mol. The summed E-state index contributed by atoms with van der Waals surface area (Å²) in [4.78, 5) is 37.7. The summed E-state index contributed by atoms with van der Waals surface area (Å²) in [6, 6.07) is 5.21. The first-order chi connectivity index (χ1) is 13.3. The largest absolute Gasteiger partial charge is 0.449 e. The first-order valence-electron chi connectivity index (χ1n) is 9.93. The normalized spacial score (nSPS) is 25.7. The lowest BCUT2D eigenvalue weighted by atomic mass is 9.78. The van der Waals surface area contributed by atoms with Gasteiger partial charge in [0.25, 0.3) is 5.91 Å². The van der Waals surface area contributed by atoms with Gasteiger partial charge in [-0.2, -0.15) is 0 Å². The number of esters is 1. The monoisotopic (exact) mass is 404 g/mol. The topological polar surface area (TPSA) is 84.5 Å². The third-order valence-electron chi connectivity index (χ3n) is 5.76. The van der Waals surface area contributed by atoms with E-state index >= 15 is 0 Å². The molecule has 1 saturated carbocycles. The third-order valence-corrected chi connectivity index (χ3v) is 6.84. The van der Waals surface area contributed by atoms with Gasteiger partial charge in [0.2, 0.25) is 5.91 Å². The number of nitrogens with one attached hydrogen (secondary N) is 2. The standard InChI is InChI=1S/C21H28N2O4S/c1-12-5-4-6-16(13(12)2)23-20(25)14(3)27-21(26)15-7-8-18-17(11-15)22-19(24)9-10-28-18/h7-8,11-14,16H,4-6,9-10H2,1-3H3,(H,22,24)(H,23,25)/t12-,13-,14-,16+/m1/s1. The van der Waals surface area contributed by atoms with Gasteiger partial charge in [0.05, 0.1) is 11.3 Å². The van der Waals surface area contributed by atoms with Gasteiger partial charge in [-0.3, -0.25) is 9.59 Å². The number of anilines is 1. The first kappa shape index (κ1) is 20.7. The number of carbonyl (C=O) groups excluding carboxylic acids is 3. The molecule has 0 bridgehead atoms. The van der Waals surface area contributed by atoms with Gasteiger partial charge in [-0.1, -0.05) is 26.7 Å². The number of benzene rings is 1. The molecule has 152 valence electrons. The molecular formula is C21H28N2O4S. The minimum atomic E-state index is -0.875. The molecule has 28 heavy (non-hydrogen) atoms. The minimum Gasteiger partial charge on any atom is -0.449 e. The summed E-state index contributed by atoms with van der Waals surface area (Å²) in [6.45, 7) is 5.96. The molecule has 1 fully saturated rings. The summed E-state index contributed by atoms with van der Waals surface area (Å²) >= 11 is 1.57. The zero-order valence-electron chi connectivity index (χ0n) is 16.6. The number of fused-ring (bicyclic) bond motifs is 1. The van der Waals surface area contributed by atoms with Crippen LogP contribution in [-0.4, -0.2) is 35.7 Å². The molecule has 0 aromatic heterocycles. The number of rotatable bonds is 4. The van der Waals surface area contributed by atoms with Gasteiger partial charge in [0.15, 0.2) is 6.10 Å². The van der Waals surface area contributed by atoms with Crippen LogP contribution < -0.4 is 10.6 Å². The van der Waals surface area contributed by atoms with Gasteiger partial charge in [0, 0.05) is 23.1 Å². The second-order valence-corrected chi connectivity index (χ2v) is 8.92. The molecule has 0 radical (unpaired) electrons. The highest BCUT2D eigenvalue weighted by Crippen LogP contribution is 2.32. The van der Waals surface area contributed by atoms with E-state index in [1.54, 1.807) is 36.9 Å². The van der Waals surface area contributed by atoms with Crippen molar-refractivity contribution in [2.75, 3.05) is 11.1 Å². The fourth-order valence-corrected chi connectivity index (χ4v) is 4.65. The van der Waals surface area contributed by atoms with E-state index in [2.05, 4.69) is 24.5 Å². The van der Waals surface area contributed by atoms with E-state index in [0.717, 1.165) is 17.7 Å². The van der Waals surface area contributed by atoms with Crippen LogP contribution in [0, 0.1) is 11.8 Å². The van der Waals surface area contributed by atoms with Crippen LogP contribution in [0.15, 0.2) is 23.1 Å². The predicted molar refractivity (Wildman–Crippen MR) is 109 cm³/mol. The van der Waals surface area contributed by atoms with E-state index in [0.29, 0.717) is 35.3 Å². The predicted octanol–water partition coefficient (Wildman–Crippen LogP) is 3.61. The Balaban J connectivity index is 1.61. The van der Waals surface area contributed by atoms with E-state index < -0.39 is 12.1 Å². The van der Waals surface area contributed by atoms with Crippen molar-refractivity contribution in [1.82, 2.24) is 5.32 Å². The summed E-state index contributed by atoms with van der Waals surface area (Å²) in [7, 11) is 0. The number of amides is 2. The smallest absolute Gasteiger partial charge is 0.338 e. The van der Waals surface area contributed by atoms with Crippen LogP contribution in [-0.2, 0) is 14.3 Å². The quantitative estimate of drug-likeness (QED) is 0.749. The summed E-state index contributed by atoms with van der Waals surface area (Å²) in [6.07, 6.45) is 2.81. The van der Waals surface area contributed by atoms with Gasteiger partial charge >= 0.3 is 5.97 Å². The molecule has 4 atom stereocenters. The molecule has 0 spiro atoms. The number of carbonyl (C=O) groups is 3. The lowest BCUT2D eigenvalue weighted by molar-refractivity contribution is -0.130. The van der Waals surface area contributed by atoms with Crippen molar-refractivity contribution in [3.63, 3.8) is 0 Å². The molecule has 3 rings (SSSR count). The summed E-state index contributed by atoms with van der Waals surface area (Å²) in [5.74, 6) is 0.783. The summed E-state index contributed by atoms with van der Waals surface area (Å²) in [5.41, 5.74) is 0.935. The number of hydrogen-bond donors (Lipinski definition) is 2. The lowest BCUT2D eigenvalue weighted by Crippen LogP contribution is -2.47. The molecule has 2 amide bonds. The summed E-state index contributed by atoms with van der Waals surface area (Å²) < 4.78 is 5.38. The van der Waals surface area contributed by atoms with Crippen molar-refractivity contribution in [1.29, 1.82) is 0 Å². The molecular weight excluding hydrogens is 376 g/mol. The Kier molecular flexibility index (Phi) is 6.65. The second kappa shape index (κ2) is 8.99. The Bertz CT molecular complexity index is 767. The van der Waals surface area contributed by atoms with Gasteiger partial charge in [-0.25, -0.2) is 4.79 Å². The molecule has 2 N–H and O–H groups in total. The molecule has 1 aromatic carbocycles. The Hall–Kier alpha value is -2.02. The Labute approximate surface area is 170 Å². The molecule has 0 unspecified atom stereocenters. The minimum absolute atomic E-state index is 0.0691. The van der Waals surface area contributed by atoms with Crippen LogP contribution in [0.1, 0.15) is 56.8 Å². The number of hydrogen-bond acceptors (Lipinski definition) is 5. The number of ether oxygens (including phenoxy) is 1. The van der Waals surface area contributed by atoms with Crippen LogP contribution in [0.25, 0.3) is 0 Å². The third kappa shape index (κ3) is 4.87. The van der Waals surface area contributed by atoms with Crippen molar-refractivity contribution >= 4 is 35.2 Å². The summed E-state index contributed by atoms with van der Waals surface area (Å²) in [5, 5.41) is 5.85. The molecule has 1 heterocycles. The zero-order valence-corrected chi connectivity index (χ0v) is 17.4. The van der Waals surface area contributed by atoms with E-state index in [9.17, 15) is 14.4 Å². The van der Waals surface area contributed by atoms with Crippen LogP contribution in [0.5, 0.6) is 0 Å². The van der Waals surface area contributed by atoms with E-state index in [4.69, 9.17) is 4.74 Å². The molecule has 1 aromatic rings. The molecule has 0 saturated heterocycles. The van der Waals surface area contributed by atoms with Crippen molar-refractivity contribution < 1.29 is 19.1 Å². The second-order valence-electron chi connectivity index (χ2n) is 7.79. The molecule has 6 nitrogen and oxygen atoms in total. The average Bonchev–Trinajstić information content (AvgIpc) is 2.85.